The lowest BCUT2D eigenvalue weighted by molar-refractivity contribution is 0.0663. The molecule has 0 aliphatic heterocycles. The lowest BCUT2D eigenvalue weighted by Crippen LogP contribution is -2.15. The Bertz CT molecular complexity index is 560. The van der Waals surface area contributed by atoms with E-state index in [1.54, 1.807) is 6.07 Å². The smallest absolute Gasteiger partial charge is 0.371 e. The standard InChI is InChI=1S/C14H15NO3/c1-10-4-3-5-11(8-10)9-15(2)13-7-6-12(18-13)14(16)17/h3-8H,9H2,1-2H3,(H,16,17). The van der Waals surface area contributed by atoms with Crippen LogP contribution < -0.4 is 4.90 Å². The summed E-state index contributed by atoms with van der Waals surface area (Å²) in [6.45, 7) is 2.72. The van der Waals surface area contributed by atoms with Gasteiger partial charge in [0.05, 0.1) is 0 Å². The Morgan fingerprint density at radius 3 is 2.72 bits per heavy atom. The second-order valence-corrected chi connectivity index (χ2v) is 4.29. The van der Waals surface area contributed by atoms with Gasteiger partial charge in [0.2, 0.25) is 5.76 Å². The van der Waals surface area contributed by atoms with Crippen LogP contribution in [0.2, 0.25) is 0 Å². The fourth-order valence-electron chi connectivity index (χ4n) is 1.81. The van der Waals surface area contributed by atoms with E-state index in [1.807, 2.05) is 37.1 Å². The minimum absolute atomic E-state index is 0.0407. The summed E-state index contributed by atoms with van der Waals surface area (Å²) in [6, 6.07) is 11.3. The van der Waals surface area contributed by atoms with Crippen LogP contribution in [0.4, 0.5) is 5.88 Å². The molecule has 0 amide bonds. The zero-order valence-corrected chi connectivity index (χ0v) is 10.4. The summed E-state index contributed by atoms with van der Waals surface area (Å²) in [5.74, 6) is -0.541. The van der Waals surface area contributed by atoms with Gasteiger partial charge in [0.1, 0.15) is 0 Å². The third kappa shape index (κ3) is 2.71. The molecule has 1 heterocycles. The average molecular weight is 245 g/mol. The van der Waals surface area contributed by atoms with Crippen LogP contribution in [0.1, 0.15) is 21.7 Å². The number of carbonyl (C=O) groups is 1. The average Bonchev–Trinajstić information content (AvgIpc) is 2.78. The summed E-state index contributed by atoms with van der Waals surface area (Å²) in [6.07, 6.45) is 0. The lowest BCUT2D eigenvalue weighted by Gasteiger charge is -2.16. The molecule has 0 bridgehead atoms. The van der Waals surface area contributed by atoms with Crippen LogP contribution >= 0.6 is 0 Å². The van der Waals surface area contributed by atoms with E-state index in [-0.39, 0.29) is 5.76 Å². The number of furan rings is 1. The molecule has 0 radical (unpaired) electrons. The minimum Gasteiger partial charge on any atom is -0.475 e. The Balaban J connectivity index is 2.11. The molecule has 0 fully saturated rings. The zero-order valence-electron chi connectivity index (χ0n) is 10.4. The lowest BCUT2D eigenvalue weighted by atomic mass is 10.1. The highest BCUT2D eigenvalue weighted by atomic mass is 16.4. The molecule has 0 spiro atoms. The summed E-state index contributed by atoms with van der Waals surface area (Å²) in [5.41, 5.74) is 2.36. The Kier molecular flexibility index (Phi) is 3.37. The quantitative estimate of drug-likeness (QED) is 0.899. The van der Waals surface area contributed by atoms with Gasteiger partial charge in [-0.3, -0.25) is 0 Å². The molecule has 0 atom stereocenters. The van der Waals surface area contributed by atoms with Crippen LogP contribution in [-0.2, 0) is 6.54 Å². The van der Waals surface area contributed by atoms with Crippen molar-refractivity contribution < 1.29 is 14.3 Å². The highest BCUT2D eigenvalue weighted by Gasteiger charge is 2.12. The normalized spacial score (nSPS) is 10.3. The summed E-state index contributed by atoms with van der Waals surface area (Å²) >= 11 is 0. The maximum absolute atomic E-state index is 10.7. The number of rotatable bonds is 4. The molecule has 0 unspecified atom stereocenters. The van der Waals surface area contributed by atoms with Gasteiger partial charge in [0.15, 0.2) is 5.88 Å². The van der Waals surface area contributed by atoms with Gasteiger partial charge in [-0.25, -0.2) is 4.79 Å². The fourth-order valence-corrected chi connectivity index (χ4v) is 1.81. The van der Waals surface area contributed by atoms with Crippen LogP contribution in [0.3, 0.4) is 0 Å². The molecule has 0 saturated carbocycles. The van der Waals surface area contributed by atoms with Crippen LogP contribution in [0.25, 0.3) is 0 Å². The predicted octanol–water partition coefficient (Wildman–Crippen LogP) is 2.92. The second-order valence-electron chi connectivity index (χ2n) is 4.29. The molecule has 0 saturated heterocycles. The van der Waals surface area contributed by atoms with Gasteiger partial charge in [-0.05, 0) is 18.6 Å². The highest BCUT2D eigenvalue weighted by Crippen LogP contribution is 2.19. The van der Waals surface area contributed by atoms with Crippen LogP contribution in [-0.4, -0.2) is 18.1 Å². The molecule has 18 heavy (non-hydrogen) atoms. The fraction of sp³-hybridized carbons (Fsp3) is 0.214. The number of aromatic carboxylic acids is 1. The van der Waals surface area contributed by atoms with Crippen molar-refractivity contribution in [3.63, 3.8) is 0 Å². The molecule has 2 rings (SSSR count). The third-order valence-corrected chi connectivity index (χ3v) is 2.68. The first-order chi connectivity index (χ1) is 8.56. The number of nitrogens with zero attached hydrogens (tertiary/aromatic N) is 1. The van der Waals surface area contributed by atoms with Crippen molar-refractivity contribution in [3.8, 4) is 0 Å². The molecule has 4 heteroatoms. The third-order valence-electron chi connectivity index (χ3n) is 2.68. The molecule has 94 valence electrons. The first kappa shape index (κ1) is 12.2. The number of benzene rings is 1. The molecular weight excluding hydrogens is 230 g/mol. The monoisotopic (exact) mass is 245 g/mol. The van der Waals surface area contributed by atoms with Gasteiger partial charge in [0.25, 0.3) is 0 Å². The molecule has 0 aliphatic carbocycles. The van der Waals surface area contributed by atoms with Crippen molar-refractivity contribution in [1.29, 1.82) is 0 Å². The maximum atomic E-state index is 10.7. The molecule has 0 aliphatic rings. The first-order valence-electron chi connectivity index (χ1n) is 5.66. The number of hydrogen-bond donors (Lipinski definition) is 1. The van der Waals surface area contributed by atoms with Crippen molar-refractivity contribution in [2.24, 2.45) is 0 Å². The summed E-state index contributed by atoms with van der Waals surface area (Å²) in [5, 5.41) is 8.79. The van der Waals surface area contributed by atoms with Crippen LogP contribution in [0.5, 0.6) is 0 Å². The highest BCUT2D eigenvalue weighted by molar-refractivity contribution is 5.84. The number of carboxylic acid groups (broad SMARTS) is 1. The van der Waals surface area contributed by atoms with E-state index in [1.165, 1.54) is 11.6 Å². The molecule has 2 aromatic rings. The van der Waals surface area contributed by atoms with Gasteiger partial charge in [-0.1, -0.05) is 29.8 Å². The predicted molar refractivity (Wildman–Crippen MR) is 69.0 cm³/mol. The first-order valence-corrected chi connectivity index (χ1v) is 5.66. The van der Waals surface area contributed by atoms with Crippen molar-refractivity contribution in [2.75, 3.05) is 11.9 Å². The minimum atomic E-state index is -1.05. The largest absolute Gasteiger partial charge is 0.475 e. The van der Waals surface area contributed by atoms with Crippen LogP contribution in [0.15, 0.2) is 40.8 Å². The topological polar surface area (TPSA) is 53.7 Å². The number of anilines is 1. The number of carboxylic acids is 1. The molecular formula is C14H15NO3. The summed E-state index contributed by atoms with van der Waals surface area (Å²) in [7, 11) is 1.87. The van der Waals surface area contributed by atoms with E-state index in [2.05, 4.69) is 6.07 Å². The summed E-state index contributed by atoms with van der Waals surface area (Å²) < 4.78 is 5.24. The van der Waals surface area contributed by atoms with E-state index in [0.717, 1.165) is 5.56 Å². The molecule has 1 aromatic carbocycles. The SMILES string of the molecule is Cc1cccc(CN(C)c2ccc(C(=O)O)o2)c1. The number of hydrogen-bond acceptors (Lipinski definition) is 3. The van der Waals surface area contributed by atoms with Gasteiger partial charge >= 0.3 is 5.97 Å². The Labute approximate surface area is 105 Å². The molecule has 4 nitrogen and oxygen atoms in total. The Morgan fingerprint density at radius 2 is 2.11 bits per heavy atom. The zero-order chi connectivity index (χ0) is 13.1. The maximum Gasteiger partial charge on any atom is 0.371 e. The van der Waals surface area contributed by atoms with E-state index >= 15 is 0 Å². The Hall–Kier alpha value is -2.23. The van der Waals surface area contributed by atoms with Crippen LogP contribution in [0, 0.1) is 6.92 Å². The Morgan fingerprint density at radius 1 is 1.33 bits per heavy atom. The van der Waals surface area contributed by atoms with E-state index in [0.29, 0.717) is 12.4 Å². The van der Waals surface area contributed by atoms with Crippen molar-refractivity contribution in [1.82, 2.24) is 0 Å². The van der Waals surface area contributed by atoms with Crippen molar-refractivity contribution in [2.45, 2.75) is 13.5 Å². The van der Waals surface area contributed by atoms with Gasteiger partial charge in [0, 0.05) is 19.7 Å². The number of aryl methyl sites for hydroxylation is 1. The second kappa shape index (κ2) is 4.96. The van der Waals surface area contributed by atoms with Crippen molar-refractivity contribution in [3.05, 3.63) is 53.3 Å². The van der Waals surface area contributed by atoms with Gasteiger partial charge in [-0.2, -0.15) is 0 Å². The molecule has 1 aromatic heterocycles. The summed E-state index contributed by atoms with van der Waals surface area (Å²) in [4.78, 5) is 12.6. The molecule has 1 N–H and O–H groups in total. The van der Waals surface area contributed by atoms with Gasteiger partial charge < -0.3 is 14.4 Å². The van der Waals surface area contributed by atoms with Crippen molar-refractivity contribution >= 4 is 11.9 Å². The van der Waals surface area contributed by atoms with E-state index in [9.17, 15) is 4.79 Å². The van der Waals surface area contributed by atoms with E-state index in [4.69, 9.17) is 9.52 Å². The van der Waals surface area contributed by atoms with Gasteiger partial charge in [-0.15, -0.1) is 0 Å². The van der Waals surface area contributed by atoms with E-state index < -0.39 is 5.97 Å².